The highest BCUT2D eigenvalue weighted by Gasteiger charge is 2.42. The molecule has 0 saturated carbocycles. The lowest BCUT2D eigenvalue weighted by Gasteiger charge is -2.25. The van der Waals surface area contributed by atoms with E-state index >= 15 is 0 Å². The van der Waals surface area contributed by atoms with E-state index in [1.54, 1.807) is 0 Å². The van der Waals surface area contributed by atoms with Crippen LogP contribution in [0.15, 0.2) is 0 Å². The van der Waals surface area contributed by atoms with Gasteiger partial charge in [-0.25, -0.2) is 4.79 Å². The summed E-state index contributed by atoms with van der Waals surface area (Å²) in [6, 6.07) is -1.30. The first-order chi connectivity index (χ1) is 6.66. The Morgan fingerprint density at radius 2 is 2.00 bits per heavy atom. The summed E-state index contributed by atoms with van der Waals surface area (Å²) in [4.78, 5) is 31.8. The van der Waals surface area contributed by atoms with Crippen LogP contribution < -0.4 is 5.32 Å². The zero-order chi connectivity index (χ0) is 12.2. The molecule has 0 fully saturated rings. The third kappa shape index (κ3) is 4.63. The van der Waals surface area contributed by atoms with Gasteiger partial charge in [-0.05, 0) is 13.8 Å². The molecule has 15 heavy (non-hydrogen) atoms. The SMILES string of the molecule is CC(=O)N[C@H](C(=O)O)C(C)(C)S[N+](=O)[O-]. The van der Waals surface area contributed by atoms with Gasteiger partial charge in [-0.2, -0.15) is 0 Å². The highest BCUT2D eigenvalue weighted by Crippen LogP contribution is 2.28. The van der Waals surface area contributed by atoms with Gasteiger partial charge in [0.2, 0.25) is 17.9 Å². The lowest BCUT2D eigenvalue weighted by atomic mass is 10.0. The van der Waals surface area contributed by atoms with E-state index in [0.717, 1.165) is 6.92 Å². The average molecular weight is 236 g/mol. The van der Waals surface area contributed by atoms with Crippen LogP contribution in [0.25, 0.3) is 0 Å². The first-order valence-electron chi connectivity index (χ1n) is 4.00. The fourth-order valence-corrected chi connectivity index (χ4v) is 1.63. The van der Waals surface area contributed by atoms with Crippen molar-refractivity contribution in [3.8, 4) is 0 Å². The second kappa shape index (κ2) is 4.96. The molecule has 86 valence electrons. The maximum atomic E-state index is 10.8. The van der Waals surface area contributed by atoms with Crippen molar-refractivity contribution in [1.82, 2.24) is 5.32 Å². The monoisotopic (exact) mass is 236 g/mol. The number of aliphatic carboxylic acids is 1. The molecule has 0 radical (unpaired) electrons. The Hall–Kier alpha value is -1.31. The number of nitrogens with zero attached hydrogens (tertiary/aromatic N) is 1. The van der Waals surface area contributed by atoms with Crippen molar-refractivity contribution in [1.29, 1.82) is 0 Å². The number of carbonyl (C=O) groups excluding carboxylic acids is 1. The van der Waals surface area contributed by atoms with Gasteiger partial charge in [0.15, 0.2) is 0 Å². The van der Waals surface area contributed by atoms with Crippen LogP contribution in [-0.2, 0) is 9.59 Å². The van der Waals surface area contributed by atoms with Gasteiger partial charge in [-0.15, -0.1) is 0 Å². The zero-order valence-corrected chi connectivity index (χ0v) is 9.33. The number of rotatable bonds is 5. The molecule has 1 atom stereocenters. The van der Waals surface area contributed by atoms with Gasteiger partial charge < -0.3 is 10.4 Å². The minimum atomic E-state index is -1.30. The Kier molecular flexibility index (Phi) is 4.53. The van der Waals surface area contributed by atoms with Crippen molar-refractivity contribution in [3.63, 3.8) is 0 Å². The van der Waals surface area contributed by atoms with E-state index in [9.17, 15) is 19.7 Å². The van der Waals surface area contributed by atoms with Gasteiger partial charge in [-0.3, -0.25) is 14.9 Å². The molecule has 0 aliphatic carbocycles. The molecule has 0 heterocycles. The number of hydrogen-bond donors (Lipinski definition) is 2. The molecular weight excluding hydrogens is 224 g/mol. The first-order valence-corrected chi connectivity index (χ1v) is 4.77. The van der Waals surface area contributed by atoms with Gasteiger partial charge in [-0.1, -0.05) is 0 Å². The van der Waals surface area contributed by atoms with Crippen LogP contribution in [0, 0.1) is 10.1 Å². The summed E-state index contributed by atoms with van der Waals surface area (Å²) in [7, 11) is 0. The summed E-state index contributed by atoms with van der Waals surface area (Å²) in [6.45, 7) is 3.92. The summed E-state index contributed by atoms with van der Waals surface area (Å²) < 4.78 is -1.90. The van der Waals surface area contributed by atoms with Gasteiger partial charge >= 0.3 is 5.97 Å². The average Bonchev–Trinajstić information content (AvgIpc) is 1.96. The Bertz CT molecular complexity index is 291. The quantitative estimate of drug-likeness (QED) is 0.403. The van der Waals surface area contributed by atoms with Gasteiger partial charge in [0.1, 0.15) is 15.1 Å². The van der Waals surface area contributed by atoms with Gasteiger partial charge in [0.25, 0.3) is 0 Å². The van der Waals surface area contributed by atoms with E-state index in [1.165, 1.54) is 13.8 Å². The summed E-state index contributed by atoms with van der Waals surface area (Å²) in [5, 5.41) is 21.3. The number of carbonyl (C=O) groups is 2. The van der Waals surface area contributed by atoms with Crippen LogP contribution >= 0.6 is 11.9 Å². The predicted octanol–water partition coefficient (Wildman–Crippen LogP) is 0.279. The van der Waals surface area contributed by atoms with Crippen LogP contribution in [0.1, 0.15) is 20.8 Å². The zero-order valence-electron chi connectivity index (χ0n) is 8.51. The molecule has 0 aromatic rings. The Labute approximate surface area is 90.5 Å². The molecule has 7 nitrogen and oxygen atoms in total. The van der Waals surface area contributed by atoms with Crippen molar-refractivity contribution >= 4 is 23.8 Å². The topological polar surface area (TPSA) is 110 Å². The number of amides is 1. The highest BCUT2D eigenvalue weighted by molar-refractivity contribution is 7.94. The smallest absolute Gasteiger partial charge is 0.327 e. The predicted molar refractivity (Wildman–Crippen MR) is 53.9 cm³/mol. The fraction of sp³-hybridized carbons (Fsp3) is 0.714. The molecule has 0 aliphatic rings. The molecule has 0 aliphatic heterocycles. The van der Waals surface area contributed by atoms with Crippen molar-refractivity contribution in [2.45, 2.75) is 31.6 Å². The van der Waals surface area contributed by atoms with Crippen molar-refractivity contribution in [3.05, 3.63) is 10.1 Å². The van der Waals surface area contributed by atoms with E-state index in [1.807, 2.05) is 0 Å². The Balaban J connectivity index is 4.80. The molecule has 1 amide bonds. The van der Waals surface area contributed by atoms with Crippen LogP contribution in [-0.4, -0.2) is 32.1 Å². The molecule has 0 bridgehead atoms. The summed E-state index contributed by atoms with van der Waals surface area (Å²) in [5.41, 5.74) is 0. The fourth-order valence-electron chi connectivity index (χ4n) is 0.981. The lowest BCUT2D eigenvalue weighted by molar-refractivity contribution is -0.286. The highest BCUT2D eigenvalue weighted by atomic mass is 32.2. The van der Waals surface area contributed by atoms with Crippen LogP contribution in [0.5, 0.6) is 0 Å². The minimum Gasteiger partial charge on any atom is -0.480 e. The summed E-state index contributed by atoms with van der Waals surface area (Å²) in [6.07, 6.45) is 0. The number of hydrogen-bond acceptors (Lipinski definition) is 5. The number of carboxylic acid groups (broad SMARTS) is 1. The third-order valence-corrected chi connectivity index (χ3v) is 2.45. The van der Waals surface area contributed by atoms with Crippen molar-refractivity contribution in [2.24, 2.45) is 0 Å². The molecule has 0 saturated heterocycles. The Morgan fingerprint density at radius 3 is 2.27 bits per heavy atom. The van der Waals surface area contributed by atoms with Gasteiger partial charge in [0.05, 0.1) is 0 Å². The van der Waals surface area contributed by atoms with Crippen molar-refractivity contribution in [2.75, 3.05) is 0 Å². The molecule has 0 spiro atoms. The first kappa shape index (κ1) is 13.7. The second-order valence-electron chi connectivity index (χ2n) is 3.39. The number of carboxylic acids is 1. The van der Waals surface area contributed by atoms with E-state index in [2.05, 4.69) is 5.32 Å². The molecule has 0 aromatic carbocycles. The minimum absolute atomic E-state index is 0.262. The third-order valence-electron chi connectivity index (χ3n) is 1.60. The molecule has 0 rings (SSSR count). The molecule has 0 unspecified atom stereocenters. The molecular formula is C7H12N2O5S. The molecule has 2 N–H and O–H groups in total. The lowest BCUT2D eigenvalue weighted by Crippen LogP contribution is -2.52. The standard InChI is InChI=1S/C7H12N2O5S/c1-4(10)8-5(6(11)12)7(2,3)15-9(13)14/h5H,1-3H3,(H,8,10)(H,11,12)/t5-/m1/s1. The van der Waals surface area contributed by atoms with Gasteiger partial charge in [0, 0.05) is 6.92 Å². The van der Waals surface area contributed by atoms with Crippen molar-refractivity contribution < 1.29 is 19.0 Å². The Morgan fingerprint density at radius 1 is 1.53 bits per heavy atom. The largest absolute Gasteiger partial charge is 0.480 e. The summed E-state index contributed by atoms with van der Waals surface area (Å²) in [5.74, 6) is -1.84. The summed E-state index contributed by atoms with van der Waals surface area (Å²) >= 11 is 0.262. The van der Waals surface area contributed by atoms with E-state index in [0.29, 0.717) is 0 Å². The van der Waals surface area contributed by atoms with Crippen LogP contribution in [0.4, 0.5) is 0 Å². The van der Waals surface area contributed by atoms with E-state index < -0.39 is 27.0 Å². The number of nitro groups is 1. The maximum Gasteiger partial charge on any atom is 0.327 e. The second-order valence-corrected chi connectivity index (χ2v) is 4.92. The maximum absolute atomic E-state index is 10.8. The normalized spacial score (nSPS) is 13.0. The molecule has 0 aromatic heterocycles. The number of nitrogens with one attached hydrogen (secondary N) is 1. The van der Waals surface area contributed by atoms with E-state index in [-0.39, 0.29) is 11.9 Å². The molecule has 8 heteroatoms. The van der Waals surface area contributed by atoms with Crippen LogP contribution in [0.2, 0.25) is 0 Å². The van der Waals surface area contributed by atoms with Crippen LogP contribution in [0.3, 0.4) is 0 Å². The van der Waals surface area contributed by atoms with E-state index in [4.69, 9.17) is 5.11 Å².